The molecule has 0 unspecified atom stereocenters. The molecule has 1 aromatic heterocycles. The number of hydrogen-bond donors (Lipinski definition) is 1. The van der Waals surface area contributed by atoms with E-state index >= 15 is 0 Å². The zero-order valence-corrected chi connectivity index (χ0v) is 11.6. The maximum Gasteiger partial charge on any atom is 0.140 e. The van der Waals surface area contributed by atoms with Crippen LogP contribution in [-0.2, 0) is 13.0 Å². The number of nitrogens with zero attached hydrogens (tertiary/aromatic N) is 3. The highest BCUT2D eigenvalue weighted by Gasteiger charge is 2.17. The second kappa shape index (κ2) is 5.74. The lowest BCUT2D eigenvalue weighted by molar-refractivity contribution is 0.577. The second-order valence-electron chi connectivity index (χ2n) is 5.17. The Morgan fingerprint density at radius 3 is 2.70 bits per heavy atom. The molecule has 0 radical (unpaired) electrons. The minimum Gasteiger partial charge on any atom is -0.383 e. The fourth-order valence-electron chi connectivity index (χ4n) is 2.09. The zero-order chi connectivity index (χ0) is 14.7. The first-order chi connectivity index (χ1) is 9.52. The molecule has 0 spiro atoms. The van der Waals surface area contributed by atoms with Crippen LogP contribution in [0.2, 0.25) is 0 Å². The number of rotatable bonds is 4. The molecule has 2 rings (SSSR count). The van der Waals surface area contributed by atoms with Crippen molar-refractivity contribution in [3.8, 4) is 6.07 Å². The minimum atomic E-state index is -0.300. The molecule has 2 aromatic rings. The predicted octanol–water partition coefficient (Wildman–Crippen LogP) is 2.72. The lowest BCUT2D eigenvalue weighted by atomic mass is 10.1. The third-order valence-corrected chi connectivity index (χ3v) is 3.06. The summed E-state index contributed by atoms with van der Waals surface area (Å²) in [5.74, 6) is 0.371. The lowest BCUT2D eigenvalue weighted by Crippen LogP contribution is -2.08. The van der Waals surface area contributed by atoms with Crippen LogP contribution >= 0.6 is 0 Å². The first-order valence-electron chi connectivity index (χ1n) is 6.51. The van der Waals surface area contributed by atoms with Crippen molar-refractivity contribution in [3.63, 3.8) is 0 Å². The molecular weight excluding hydrogens is 255 g/mol. The molecule has 2 N–H and O–H groups in total. The van der Waals surface area contributed by atoms with Gasteiger partial charge in [-0.1, -0.05) is 32.0 Å². The Kier molecular flexibility index (Phi) is 4.04. The normalized spacial score (nSPS) is 10.8. The van der Waals surface area contributed by atoms with E-state index in [0.717, 1.165) is 0 Å². The molecule has 0 fully saturated rings. The van der Waals surface area contributed by atoms with E-state index in [9.17, 15) is 9.65 Å². The molecule has 0 atom stereocenters. The molecule has 0 aliphatic rings. The quantitative estimate of drug-likeness (QED) is 0.930. The van der Waals surface area contributed by atoms with Crippen molar-refractivity contribution >= 4 is 5.82 Å². The summed E-state index contributed by atoms with van der Waals surface area (Å²) in [4.78, 5) is 0. The van der Waals surface area contributed by atoms with E-state index in [4.69, 9.17) is 5.73 Å². The molecule has 0 saturated carbocycles. The Balaban J connectivity index is 2.36. The first-order valence-corrected chi connectivity index (χ1v) is 6.51. The van der Waals surface area contributed by atoms with E-state index in [0.29, 0.717) is 35.0 Å². The number of nitrogen functional groups attached to an aromatic ring is 1. The number of nitriles is 1. The van der Waals surface area contributed by atoms with Crippen LogP contribution in [0.5, 0.6) is 0 Å². The van der Waals surface area contributed by atoms with Crippen LogP contribution in [0.25, 0.3) is 0 Å². The van der Waals surface area contributed by atoms with Crippen LogP contribution in [-0.4, -0.2) is 9.78 Å². The summed E-state index contributed by atoms with van der Waals surface area (Å²) in [6.45, 7) is 4.33. The summed E-state index contributed by atoms with van der Waals surface area (Å²) in [7, 11) is 0. The van der Waals surface area contributed by atoms with Gasteiger partial charge in [-0.3, -0.25) is 0 Å². The summed E-state index contributed by atoms with van der Waals surface area (Å²) in [5, 5.41) is 13.5. The molecule has 104 valence electrons. The van der Waals surface area contributed by atoms with Gasteiger partial charge >= 0.3 is 0 Å². The van der Waals surface area contributed by atoms with Gasteiger partial charge in [-0.15, -0.1) is 0 Å². The Labute approximate surface area is 117 Å². The standard InChI is InChI=1S/C15H17FN4/c1-10(2)7-14-12(8-17)15(18)20(19-14)9-11-5-3-4-6-13(11)16/h3-6,10H,7,9,18H2,1-2H3. The molecule has 0 amide bonds. The SMILES string of the molecule is CC(C)Cc1nn(Cc2ccccc2F)c(N)c1C#N. The average molecular weight is 272 g/mol. The monoisotopic (exact) mass is 272 g/mol. The van der Waals surface area contributed by atoms with Crippen molar-refractivity contribution in [2.45, 2.75) is 26.8 Å². The number of nitrogens with two attached hydrogens (primary N) is 1. The van der Waals surface area contributed by atoms with Crippen LogP contribution in [0, 0.1) is 23.1 Å². The largest absolute Gasteiger partial charge is 0.383 e. The summed E-state index contributed by atoms with van der Waals surface area (Å²) < 4.78 is 15.2. The first kappa shape index (κ1) is 14.1. The topological polar surface area (TPSA) is 67.6 Å². The van der Waals surface area contributed by atoms with E-state index in [-0.39, 0.29) is 12.4 Å². The number of halogens is 1. The van der Waals surface area contributed by atoms with Gasteiger partial charge in [-0.25, -0.2) is 9.07 Å². The predicted molar refractivity (Wildman–Crippen MR) is 75.4 cm³/mol. The van der Waals surface area contributed by atoms with E-state index < -0.39 is 0 Å². The van der Waals surface area contributed by atoms with E-state index in [1.807, 2.05) is 13.8 Å². The van der Waals surface area contributed by atoms with Crippen molar-refractivity contribution in [1.29, 1.82) is 5.26 Å². The highest BCUT2D eigenvalue weighted by molar-refractivity contribution is 5.52. The Bertz CT molecular complexity index is 652. The molecule has 20 heavy (non-hydrogen) atoms. The highest BCUT2D eigenvalue weighted by Crippen LogP contribution is 2.20. The fraction of sp³-hybridized carbons (Fsp3) is 0.333. The molecule has 0 saturated heterocycles. The summed E-state index contributed by atoms with van der Waals surface area (Å²) >= 11 is 0. The van der Waals surface area contributed by atoms with Gasteiger partial charge in [0.1, 0.15) is 23.3 Å². The van der Waals surface area contributed by atoms with Gasteiger partial charge in [0.2, 0.25) is 0 Å². The third kappa shape index (κ3) is 2.80. The third-order valence-electron chi connectivity index (χ3n) is 3.06. The van der Waals surface area contributed by atoms with Gasteiger partial charge in [0, 0.05) is 5.56 Å². The minimum absolute atomic E-state index is 0.227. The summed E-state index contributed by atoms with van der Waals surface area (Å²) in [6, 6.07) is 8.57. The van der Waals surface area contributed by atoms with Crippen molar-refractivity contribution < 1.29 is 4.39 Å². The van der Waals surface area contributed by atoms with Gasteiger partial charge in [0.05, 0.1) is 12.2 Å². The van der Waals surface area contributed by atoms with Crippen LogP contribution in [0.4, 0.5) is 10.2 Å². The lowest BCUT2D eigenvalue weighted by Gasteiger charge is -2.05. The van der Waals surface area contributed by atoms with Crippen LogP contribution in [0.15, 0.2) is 24.3 Å². The smallest absolute Gasteiger partial charge is 0.140 e. The maximum atomic E-state index is 13.7. The van der Waals surface area contributed by atoms with Gasteiger partial charge < -0.3 is 5.73 Å². The van der Waals surface area contributed by atoms with Crippen molar-refractivity contribution in [2.24, 2.45) is 5.92 Å². The summed E-state index contributed by atoms with van der Waals surface area (Å²) in [5.41, 5.74) is 7.52. The Morgan fingerprint density at radius 1 is 1.40 bits per heavy atom. The van der Waals surface area contributed by atoms with Crippen LogP contribution in [0.3, 0.4) is 0 Å². The number of aromatic nitrogens is 2. The molecule has 1 aromatic carbocycles. The molecular formula is C15H17FN4. The summed E-state index contributed by atoms with van der Waals surface area (Å²) in [6.07, 6.45) is 0.678. The molecule has 1 heterocycles. The van der Waals surface area contributed by atoms with Gasteiger partial charge in [0.15, 0.2) is 0 Å². The number of benzene rings is 1. The maximum absolute atomic E-state index is 13.7. The van der Waals surface area contributed by atoms with Crippen LogP contribution < -0.4 is 5.73 Å². The molecule has 0 bridgehead atoms. The molecule has 4 nitrogen and oxygen atoms in total. The van der Waals surface area contributed by atoms with Gasteiger partial charge in [0.25, 0.3) is 0 Å². The van der Waals surface area contributed by atoms with E-state index in [1.165, 1.54) is 10.7 Å². The van der Waals surface area contributed by atoms with Gasteiger partial charge in [-0.05, 0) is 18.4 Å². The molecule has 5 heteroatoms. The molecule has 0 aliphatic carbocycles. The number of hydrogen-bond acceptors (Lipinski definition) is 3. The van der Waals surface area contributed by atoms with Gasteiger partial charge in [-0.2, -0.15) is 10.4 Å². The van der Waals surface area contributed by atoms with Crippen molar-refractivity contribution in [1.82, 2.24) is 9.78 Å². The zero-order valence-electron chi connectivity index (χ0n) is 11.6. The fourth-order valence-corrected chi connectivity index (χ4v) is 2.09. The molecule has 0 aliphatic heterocycles. The van der Waals surface area contributed by atoms with E-state index in [1.54, 1.807) is 18.2 Å². The second-order valence-corrected chi connectivity index (χ2v) is 5.17. The average Bonchev–Trinajstić information content (AvgIpc) is 2.67. The Morgan fingerprint density at radius 2 is 2.10 bits per heavy atom. The van der Waals surface area contributed by atoms with Crippen molar-refractivity contribution in [3.05, 3.63) is 46.9 Å². The van der Waals surface area contributed by atoms with Crippen molar-refractivity contribution in [2.75, 3.05) is 5.73 Å². The van der Waals surface area contributed by atoms with Crippen LogP contribution in [0.1, 0.15) is 30.7 Å². The Hall–Kier alpha value is -2.35. The highest BCUT2D eigenvalue weighted by atomic mass is 19.1. The number of anilines is 1. The van der Waals surface area contributed by atoms with E-state index in [2.05, 4.69) is 11.2 Å².